The summed E-state index contributed by atoms with van der Waals surface area (Å²) in [5.74, 6) is 1.48. The Morgan fingerprint density at radius 3 is 3.00 bits per heavy atom. The lowest BCUT2D eigenvalue weighted by Crippen LogP contribution is -2.03. The van der Waals surface area contributed by atoms with Crippen LogP contribution in [0.4, 0.5) is 0 Å². The van der Waals surface area contributed by atoms with Crippen LogP contribution in [0.2, 0.25) is 0 Å². The van der Waals surface area contributed by atoms with Gasteiger partial charge in [0.2, 0.25) is 0 Å². The van der Waals surface area contributed by atoms with Crippen LogP contribution in [0.5, 0.6) is 5.75 Å². The quantitative estimate of drug-likeness (QED) is 0.829. The van der Waals surface area contributed by atoms with Crippen LogP contribution in [-0.2, 0) is 20.3 Å². The molecule has 0 saturated heterocycles. The van der Waals surface area contributed by atoms with Gasteiger partial charge in [-0.1, -0.05) is 12.1 Å². The van der Waals surface area contributed by atoms with E-state index in [1.54, 1.807) is 17.0 Å². The highest BCUT2D eigenvalue weighted by atomic mass is 16.5. The summed E-state index contributed by atoms with van der Waals surface area (Å²) in [6.07, 6.45) is 1.63. The lowest BCUT2D eigenvalue weighted by molar-refractivity contribution is 0.275. The second-order valence-corrected chi connectivity index (χ2v) is 3.45. The summed E-state index contributed by atoms with van der Waals surface area (Å²) in [7, 11) is 1.86. The maximum atomic E-state index is 8.98. The van der Waals surface area contributed by atoms with Crippen LogP contribution in [0.3, 0.4) is 0 Å². The molecule has 0 aliphatic rings. The molecule has 2 aromatic rings. The Morgan fingerprint density at radius 2 is 2.31 bits per heavy atom. The maximum Gasteiger partial charge on any atom is 0.170 e. The number of hydrogen-bond donors (Lipinski definition) is 1. The zero-order valence-electron chi connectivity index (χ0n) is 9.00. The zero-order valence-corrected chi connectivity index (χ0v) is 9.00. The minimum atomic E-state index is 0.0150. The standard InChI is InChI=1S/C11H13N3O2/c1-14-8-12-13-11(14)7-16-10-4-2-3-9(5-10)6-15/h2-5,8,15H,6-7H2,1H3. The molecule has 0 aliphatic heterocycles. The summed E-state index contributed by atoms with van der Waals surface area (Å²) in [4.78, 5) is 0. The molecule has 1 heterocycles. The number of ether oxygens (including phenoxy) is 1. The largest absolute Gasteiger partial charge is 0.486 e. The number of aliphatic hydroxyl groups is 1. The Balaban J connectivity index is 2.02. The van der Waals surface area contributed by atoms with Crippen LogP contribution in [0.25, 0.3) is 0 Å². The van der Waals surface area contributed by atoms with E-state index >= 15 is 0 Å². The SMILES string of the molecule is Cn1cnnc1COc1cccc(CO)c1. The van der Waals surface area contributed by atoms with Gasteiger partial charge in [-0.25, -0.2) is 0 Å². The van der Waals surface area contributed by atoms with Crippen LogP contribution >= 0.6 is 0 Å². The number of aliphatic hydroxyl groups excluding tert-OH is 1. The molecule has 0 bridgehead atoms. The smallest absolute Gasteiger partial charge is 0.170 e. The molecule has 5 nitrogen and oxygen atoms in total. The molecule has 0 unspecified atom stereocenters. The first kappa shape index (κ1) is 10.6. The number of aryl methyl sites for hydroxylation is 1. The number of rotatable bonds is 4. The van der Waals surface area contributed by atoms with Gasteiger partial charge in [0.1, 0.15) is 18.7 Å². The normalized spacial score (nSPS) is 10.4. The van der Waals surface area contributed by atoms with Crippen molar-refractivity contribution in [1.29, 1.82) is 0 Å². The van der Waals surface area contributed by atoms with Crippen molar-refractivity contribution in [3.63, 3.8) is 0 Å². The molecule has 16 heavy (non-hydrogen) atoms. The fraction of sp³-hybridized carbons (Fsp3) is 0.273. The van der Waals surface area contributed by atoms with Gasteiger partial charge in [-0.15, -0.1) is 10.2 Å². The van der Waals surface area contributed by atoms with E-state index in [0.717, 1.165) is 17.1 Å². The van der Waals surface area contributed by atoms with Gasteiger partial charge in [-0.2, -0.15) is 0 Å². The lowest BCUT2D eigenvalue weighted by atomic mass is 10.2. The van der Waals surface area contributed by atoms with E-state index in [1.807, 2.05) is 25.2 Å². The Morgan fingerprint density at radius 1 is 1.44 bits per heavy atom. The summed E-state index contributed by atoms with van der Waals surface area (Å²) in [5.41, 5.74) is 0.829. The van der Waals surface area contributed by atoms with Gasteiger partial charge in [-0.3, -0.25) is 0 Å². The van der Waals surface area contributed by atoms with Crippen molar-refractivity contribution in [2.24, 2.45) is 7.05 Å². The summed E-state index contributed by atoms with van der Waals surface area (Å²) in [6, 6.07) is 7.33. The minimum Gasteiger partial charge on any atom is -0.486 e. The molecule has 0 fully saturated rings. The molecule has 1 aromatic heterocycles. The minimum absolute atomic E-state index is 0.0150. The Kier molecular flexibility index (Phi) is 3.16. The van der Waals surface area contributed by atoms with Crippen molar-refractivity contribution >= 4 is 0 Å². The van der Waals surface area contributed by atoms with Crippen LogP contribution in [-0.4, -0.2) is 19.9 Å². The van der Waals surface area contributed by atoms with Gasteiger partial charge in [-0.05, 0) is 17.7 Å². The molecule has 0 aliphatic carbocycles. The fourth-order valence-corrected chi connectivity index (χ4v) is 1.32. The van der Waals surface area contributed by atoms with Crippen molar-refractivity contribution in [1.82, 2.24) is 14.8 Å². The molecule has 0 radical (unpaired) electrons. The molecule has 84 valence electrons. The van der Waals surface area contributed by atoms with Gasteiger partial charge in [0.15, 0.2) is 5.82 Å². The highest BCUT2D eigenvalue weighted by Crippen LogP contribution is 2.14. The van der Waals surface area contributed by atoms with E-state index in [0.29, 0.717) is 6.61 Å². The molecule has 2 rings (SSSR count). The summed E-state index contributed by atoms with van der Waals surface area (Å²) < 4.78 is 7.34. The van der Waals surface area contributed by atoms with Crippen LogP contribution < -0.4 is 4.74 Å². The third-order valence-corrected chi connectivity index (χ3v) is 2.25. The van der Waals surface area contributed by atoms with E-state index in [2.05, 4.69) is 10.2 Å². The van der Waals surface area contributed by atoms with E-state index in [1.165, 1.54) is 0 Å². The topological polar surface area (TPSA) is 60.2 Å². The molecule has 5 heteroatoms. The Labute approximate surface area is 93.3 Å². The monoisotopic (exact) mass is 219 g/mol. The van der Waals surface area contributed by atoms with Crippen molar-refractivity contribution in [2.45, 2.75) is 13.2 Å². The third-order valence-electron chi connectivity index (χ3n) is 2.25. The predicted molar refractivity (Wildman–Crippen MR) is 57.7 cm³/mol. The summed E-state index contributed by atoms with van der Waals surface area (Å²) in [5, 5.41) is 16.6. The fourth-order valence-electron chi connectivity index (χ4n) is 1.32. The van der Waals surface area contributed by atoms with Crippen molar-refractivity contribution in [3.8, 4) is 5.75 Å². The van der Waals surface area contributed by atoms with Crippen LogP contribution in [0.1, 0.15) is 11.4 Å². The Bertz CT molecular complexity index is 468. The number of nitrogens with zero attached hydrogens (tertiary/aromatic N) is 3. The Hall–Kier alpha value is -1.88. The van der Waals surface area contributed by atoms with Gasteiger partial charge < -0.3 is 14.4 Å². The van der Waals surface area contributed by atoms with Crippen LogP contribution in [0.15, 0.2) is 30.6 Å². The number of aromatic nitrogens is 3. The van der Waals surface area contributed by atoms with E-state index < -0.39 is 0 Å². The molecular weight excluding hydrogens is 206 g/mol. The first-order valence-electron chi connectivity index (χ1n) is 4.95. The van der Waals surface area contributed by atoms with Gasteiger partial charge in [0, 0.05) is 7.05 Å². The van der Waals surface area contributed by atoms with Gasteiger partial charge >= 0.3 is 0 Å². The molecule has 0 spiro atoms. The highest BCUT2D eigenvalue weighted by Gasteiger charge is 2.02. The lowest BCUT2D eigenvalue weighted by Gasteiger charge is -2.06. The van der Waals surface area contributed by atoms with E-state index in [-0.39, 0.29) is 6.61 Å². The molecule has 0 atom stereocenters. The van der Waals surface area contributed by atoms with E-state index in [9.17, 15) is 0 Å². The van der Waals surface area contributed by atoms with Crippen molar-refractivity contribution < 1.29 is 9.84 Å². The molecule has 1 N–H and O–H groups in total. The van der Waals surface area contributed by atoms with Crippen LogP contribution in [0, 0.1) is 0 Å². The second-order valence-electron chi connectivity index (χ2n) is 3.45. The number of benzene rings is 1. The van der Waals surface area contributed by atoms with E-state index in [4.69, 9.17) is 9.84 Å². The van der Waals surface area contributed by atoms with Crippen molar-refractivity contribution in [3.05, 3.63) is 42.0 Å². The van der Waals surface area contributed by atoms with Crippen molar-refractivity contribution in [2.75, 3.05) is 0 Å². The predicted octanol–water partition coefficient (Wildman–Crippen LogP) is 0.886. The zero-order chi connectivity index (χ0) is 11.4. The molecule has 0 saturated carbocycles. The molecular formula is C11H13N3O2. The molecule has 1 aromatic carbocycles. The highest BCUT2D eigenvalue weighted by molar-refractivity contribution is 5.28. The summed E-state index contributed by atoms with van der Waals surface area (Å²) >= 11 is 0. The second kappa shape index (κ2) is 4.76. The number of hydrogen-bond acceptors (Lipinski definition) is 4. The first-order chi connectivity index (χ1) is 7.79. The van der Waals surface area contributed by atoms with Gasteiger partial charge in [0.25, 0.3) is 0 Å². The molecule has 0 amide bonds. The first-order valence-corrected chi connectivity index (χ1v) is 4.95. The van der Waals surface area contributed by atoms with Gasteiger partial charge in [0.05, 0.1) is 6.61 Å². The summed E-state index contributed by atoms with van der Waals surface area (Å²) in [6.45, 7) is 0.381. The average molecular weight is 219 g/mol. The average Bonchev–Trinajstić information content (AvgIpc) is 2.72. The third kappa shape index (κ3) is 2.38. The maximum absolute atomic E-state index is 8.98.